The van der Waals surface area contributed by atoms with Gasteiger partial charge in [0.2, 0.25) is 11.0 Å². The van der Waals surface area contributed by atoms with E-state index in [0.717, 1.165) is 17.0 Å². The van der Waals surface area contributed by atoms with Crippen LogP contribution in [-0.2, 0) is 17.6 Å². The molecule has 5 nitrogen and oxygen atoms in total. The minimum atomic E-state index is -0.120. The summed E-state index contributed by atoms with van der Waals surface area (Å²) in [5, 5.41) is 21.9. The van der Waals surface area contributed by atoms with Crippen molar-refractivity contribution in [1.29, 1.82) is 0 Å². The Bertz CT molecular complexity index is 610. The first-order valence-corrected chi connectivity index (χ1v) is 7.75. The van der Waals surface area contributed by atoms with E-state index in [1.165, 1.54) is 11.3 Å². The van der Waals surface area contributed by atoms with Gasteiger partial charge in [0.05, 0.1) is 0 Å². The van der Waals surface area contributed by atoms with E-state index in [4.69, 9.17) is 0 Å². The number of nitrogens with zero attached hydrogens (tertiary/aromatic N) is 2. The average Bonchev–Trinajstić information content (AvgIpc) is 2.84. The van der Waals surface area contributed by atoms with Crippen LogP contribution in [-0.4, -0.2) is 21.2 Å². The summed E-state index contributed by atoms with van der Waals surface area (Å²) in [4.78, 5) is 11.9. The number of aromatic nitrogens is 2. The van der Waals surface area contributed by atoms with Gasteiger partial charge < -0.3 is 10.4 Å². The first-order chi connectivity index (χ1) is 10.0. The molecule has 0 fully saturated rings. The number of para-hydroxylation sites is 1. The van der Waals surface area contributed by atoms with E-state index < -0.39 is 0 Å². The summed E-state index contributed by atoms with van der Waals surface area (Å²) < 4.78 is 0. The molecule has 0 saturated heterocycles. The molecule has 1 heterocycles. The molecular weight excluding hydrogens is 286 g/mol. The Morgan fingerprint density at radius 1 is 1.33 bits per heavy atom. The van der Waals surface area contributed by atoms with Gasteiger partial charge in [-0.3, -0.25) is 4.79 Å². The second-order valence-corrected chi connectivity index (χ2v) is 6.34. The highest BCUT2D eigenvalue weighted by Gasteiger charge is 2.10. The Kier molecular flexibility index (Phi) is 5.27. The third-order valence-corrected chi connectivity index (χ3v) is 3.77. The zero-order valence-corrected chi connectivity index (χ0v) is 13.0. The van der Waals surface area contributed by atoms with Gasteiger partial charge in [-0.1, -0.05) is 43.4 Å². The van der Waals surface area contributed by atoms with E-state index in [9.17, 15) is 9.90 Å². The Morgan fingerprint density at radius 3 is 2.81 bits per heavy atom. The molecule has 0 radical (unpaired) electrons. The maximum atomic E-state index is 11.9. The van der Waals surface area contributed by atoms with E-state index in [2.05, 4.69) is 29.4 Å². The smallest absolute Gasteiger partial charge is 0.226 e. The van der Waals surface area contributed by atoms with Crippen LogP contribution < -0.4 is 5.32 Å². The van der Waals surface area contributed by atoms with Crippen LogP contribution in [0.2, 0.25) is 0 Å². The number of carbonyl (C=O) groups is 1. The van der Waals surface area contributed by atoms with E-state index >= 15 is 0 Å². The van der Waals surface area contributed by atoms with Crippen LogP contribution in [0.5, 0.6) is 5.75 Å². The van der Waals surface area contributed by atoms with Crippen LogP contribution in [0.4, 0.5) is 5.13 Å². The molecule has 2 rings (SSSR count). The largest absolute Gasteiger partial charge is 0.508 e. The molecular formula is C15H19N3O2S. The maximum absolute atomic E-state index is 11.9. The molecule has 2 N–H and O–H groups in total. The van der Waals surface area contributed by atoms with E-state index in [0.29, 0.717) is 23.9 Å². The van der Waals surface area contributed by atoms with Crippen molar-refractivity contribution < 1.29 is 9.90 Å². The number of nitrogens with one attached hydrogen (secondary N) is 1. The third-order valence-electron chi connectivity index (χ3n) is 2.91. The van der Waals surface area contributed by atoms with Gasteiger partial charge in [0.15, 0.2) is 0 Å². The lowest BCUT2D eigenvalue weighted by Gasteiger charge is -2.03. The van der Waals surface area contributed by atoms with Crippen LogP contribution in [0.3, 0.4) is 0 Å². The Hall–Kier alpha value is -1.95. The highest BCUT2D eigenvalue weighted by Crippen LogP contribution is 2.20. The maximum Gasteiger partial charge on any atom is 0.226 e. The van der Waals surface area contributed by atoms with Crippen molar-refractivity contribution in [2.45, 2.75) is 33.1 Å². The van der Waals surface area contributed by atoms with E-state index in [-0.39, 0.29) is 11.7 Å². The normalized spacial score (nSPS) is 10.8. The predicted octanol–water partition coefficient (Wildman–Crippen LogP) is 3.01. The van der Waals surface area contributed by atoms with Crippen molar-refractivity contribution in [3.05, 3.63) is 34.8 Å². The van der Waals surface area contributed by atoms with Crippen molar-refractivity contribution in [1.82, 2.24) is 10.2 Å². The Balaban J connectivity index is 1.84. The van der Waals surface area contributed by atoms with Crippen molar-refractivity contribution in [2.24, 2.45) is 5.92 Å². The fraction of sp³-hybridized carbons (Fsp3) is 0.400. The van der Waals surface area contributed by atoms with Crippen LogP contribution in [0.15, 0.2) is 24.3 Å². The molecule has 0 atom stereocenters. The standard InChI is InChI=1S/C15H19N3O2S/c1-10(2)9-14-17-18-15(21-14)16-13(20)8-7-11-5-3-4-6-12(11)19/h3-6,10,19H,7-9H2,1-2H3,(H,16,18,20). The zero-order valence-electron chi connectivity index (χ0n) is 12.2. The summed E-state index contributed by atoms with van der Waals surface area (Å²) in [6.07, 6.45) is 1.66. The lowest BCUT2D eigenvalue weighted by atomic mass is 10.1. The SMILES string of the molecule is CC(C)Cc1nnc(NC(=O)CCc2ccccc2O)s1. The number of amides is 1. The first-order valence-electron chi connectivity index (χ1n) is 6.93. The summed E-state index contributed by atoms with van der Waals surface area (Å²) in [7, 11) is 0. The molecule has 0 aliphatic heterocycles. The molecule has 21 heavy (non-hydrogen) atoms. The predicted molar refractivity (Wildman–Crippen MR) is 83.5 cm³/mol. The molecule has 6 heteroatoms. The van der Waals surface area contributed by atoms with Gasteiger partial charge in [-0.15, -0.1) is 10.2 Å². The third kappa shape index (κ3) is 4.82. The number of phenols is 1. The summed E-state index contributed by atoms with van der Waals surface area (Å²) >= 11 is 1.41. The highest BCUT2D eigenvalue weighted by atomic mass is 32.1. The number of benzene rings is 1. The molecule has 0 spiro atoms. The van der Waals surface area contributed by atoms with Gasteiger partial charge in [-0.2, -0.15) is 0 Å². The fourth-order valence-corrected chi connectivity index (χ4v) is 2.86. The van der Waals surface area contributed by atoms with Gasteiger partial charge in [0, 0.05) is 12.8 Å². The van der Waals surface area contributed by atoms with Crippen LogP contribution in [0, 0.1) is 5.92 Å². The summed E-state index contributed by atoms with van der Waals surface area (Å²) in [5.74, 6) is 0.619. The molecule has 0 bridgehead atoms. The second-order valence-electron chi connectivity index (χ2n) is 5.28. The number of hydrogen-bond acceptors (Lipinski definition) is 5. The van der Waals surface area contributed by atoms with Gasteiger partial charge in [-0.05, 0) is 24.0 Å². The number of carbonyl (C=O) groups excluding carboxylic acids is 1. The lowest BCUT2D eigenvalue weighted by Crippen LogP contribution is -2.12. The van der Waals surface area contributed by atoms with Crippen molar-refractivity contribution >= 4 is 22.4 Å². The van der Waals surface area contributed by atoms with Crippen molar-refractivity contribution in [3.8, 4) is 5.75 Å². The van der Waals surface area contributed by atoms with Crippen LogP contribution >= 0.6 is 11.3 Å². The van der Waals surface area contributed by atoms with Crippen LogP contribution in [0.1, 0.15) is 30.8 Å². The summed E-state index contributed by atoms with van der Waals surface area (Å²) in [6.45, 7) is 4.23. The average molecular weight is 305 g/mol. The van der Waals surface area contributed by atoms with Gasteiger partial charge in [-0.25, -0.2) is 0 Å². The summed E-state index contributed by atoms with van der Waals surface area (Å²) in [6, 6.07) is 7.04. The summed E-state index contributed by atoms with van der Waals surface area (Å²) in [5.41, 5.74) is 0.769. The Labute approximate surface area is 128 Å². The molecule has 0 aliphatic rings. The fourth-order valence-electron chi connectivity index (χ4n) is 1.89. The molecule has 1 aromatic carbocycles. The van der Waals surface area contributed by atoms with Crippen molar-refractivity contribution in [3.63, 3.8) is 0 Å². The number of anilines is 1. The number of aromatic hydroxyl groups is 1. The Morgan fingerprint density at radius 2 is 2.10 bits per heavy atom. The second kappa shape index (κ2) is 7.17. The molecule has 112 valence electrons. The number of rotatable bonds is 6. The number of hydrogen-bond donors (Lipinski definition) is 2. The molecule has 1 amide bonds. The van der Waals surface area contributed by atoms with Crippen LogP contribution in [0.25, 0.3) is 0 Å². The molecule has 0 unspecified atom stereocenters. The lowest BCUT2D eigenvalue weighted by molar-refractivity contribution is -0.116. The van der Waals surface area contributed by atoms with Gasteiger partial charge in [0.1, 0.15) is 10.8 Å². The number of aryl methyl sites for hydroxylation is 1. The molecule has 0 aliphatic carbocycles. The zero-order chi connectivity index (χ0) is 15.2. The van der Waals surface area contributed by atoms with E-state index in [1.807, 2.05) is 12.1 Å². The van der Waals surface area contributed by atoms with E-state index in [1.54, 1.807) is 12.1 Å². The monoisotopic (exact) mass is 305 g/mol. The molecule has 0 saturated carbocycles. The van der Waals surface area contributed by atoms with Crippen molar-refractivity contribution in [2.75, 3.05) is 5.32 Å². The topological polar surface area (TPSA) is 75.1 Å². The highest BCUT2D eigenvalue weighted by molar-refractivity contribution is 7.15. The molecule has 1 aromatic heterocycles. The quantitative estimate of drug-likeness (QED) is 0.860. The first kappa shape index (κ1) is 15.4. The number of phenolic OH excluding ortho intramolecular Hbond substituents is 1. The molecule has 2 aromatic rings. The van der Waals surface area contributed by atoms with Gasteiger partial charge >= 0.3 is 0 Å². The minimum absolute atomic E-state index is 0.120. The minimum Gasteiger partial charge on any atom is -0.508 e. The van der Waals surface area contributed by atoms with Gasteiger partial charge in [0.25, 0.3) is 0 Å².